The quantitative estimate of drug-likeness (QED) is 0.807. The van der Waals surface area contributed by atoms with Gasteiger partial charge in [-0.05, 0) is 50.8 Å². The van der Waals surface area contributed by atoms with E-state index in [1.165, 1.54) is 58.2 Å². The van der Waals surface area contributed by atoms with Crippen molar-refractivity contribution in [3.63, 3.8) is 0 Å². The predicted molar refractivity (Wildman–Crippen MR) is 75.0 cm³/mol. The van der Waals surface area contributed by atoms with Gasteiger partial charge in [0.05, 0.1) is 6.17 Å². The zero-order chi connectivity index (χ0) is 12.2. The fraction of sp³-hybridized carbons (Fsp3) is 0.733. The first kappa shape index (κ1) is 12.2. The van der Waals surface area contributed by atoms with E-state index in [4.69, 9.17) is 0 Å². The first-order valence-corrected chi connectivity index (χ1v) is 7.55. The minimum atomic E-state index is 0.478. The van der Waals surface area contributed by atoms with E-state index in [9.17, 15) is 0 Å². The number of hydrogen-bond donors (Lipinski definition) is 1. The van der Waals surface area contributed by atoms with E-state index in [-0.39, 0.29) is 0 Å². The molecule has 18 heavy (non-hydrogen) atoms. The lowest BCUT2D eigenvalue weighted by atomic mass is 10.1. The summed E-state index contributed by atoms with van der Waals surface area (Å²) in [4.78, 5) is 5.17. The van der Waals surface area contributed by atoms with Gasteiger partial charge in [-0.3, -0.25) is 10.2 Å². The summed E-state index contributed by atoms with van der Waals surface area (Å²) in [5, 5.41) is 3.67. The summed E-state index contributed by atoms with van der Waals surface area (Å²) in [7, 11) is 0. The van der Waals surface area contributed by atoms with Gasteiger partial charge in [0.15, 0.2) is 0 Å². The van der Waals surface area contributed by atoms with Crippen molar-refractivity contribution in [3.8, 4) is 0 Å². The summed E-state index contributed by atoms with van der Waals surface area (Å²) in [6.07, 6.45) is 18.1. The molecule has 0 spiro atoms. The van der Waals surface area contributed by atoms with Crippen molar-refractivity contribution in [1.82, 2.24) is 15.1 Å². The van der Waals surface area contributed by atoms with E-state index < -0.39 is 0 Å². The van der Waals surface area contributed by atoms with Gasteiger partial charge >= 0.3 is 0 Å². The monoisotopic (exact) mass is 247 g/mol. The molecule has 2 atom stereocenters. The first-order valence-electron chi connectivity index (χ1n) is 7.55. The van der Waals surface area contributed by atoms with Gasteiger partial charge in [-0.1, -0.05) is 12.5 Å². The summed E-state index contributed by atoms with van der Waals surface area (Å²) in [5.74, 6) is 0. The number of piperidine rings is 2. The van der Waals surface area contributed by atoms with Crippen molar-refractivity contribution in [2.75, 3.05) is 19.6 Å². The number of rotatable bonds is 2. The molecule has 3 nitrogen and oxygen atoms in total. The summed E-state index contributed by atoms with van der Waals surface area (Å²) in [6.45, 7) is 3.68. The highest BCUT2D eigenvalue weighted by Crippen LogP contribution is 2.23. The van der Waals surface area contributed by atoms with E-state index in [0.29, 0.717) is 12.3 Å². The summed E-state index contributed by atoms with van der Waals surface area (Å²) < 4.78 is 0. The van der Waals surface area contributed by atoms with Gasteiger partial charge in [-0.25, -0.2) is 0 Å². The Kier molecular flexibility index (Phi) is 4.01. The van der Waals surface area contributed by atoms with E-state index in [0.717, 1.165) is 0 Å². The van der Waals surface area contributed by atoms with Crippen molar-refractivity contribution < 1.29 is 0 Å². The fourth-order valence-electron chi connectivity index (χ4n) is 3.37. The second-order valence-corrected chi connectivity index (χ2v) is 5.65. The van der Waals surface area contributed by atoms with Gasteiger partial charge in [0, 0.05) is 19.3 Å². The highest BCUT2D eigenvalue weighted by molar-refractivity contribution is 5.14. The molecule has 3 aliphatic rings. The molecule has 0 aliphatic carbocycles. The Morgan fingerprint density at radius 2 is 1.83 bits per heavy atom. The molecule has 3 aliphatic heterocycles. The van der Waals surface area contributed by atoms with Crippen molar-refractivity contribution in [2.24, 2.45) is 0 Å². The van der Waals surface area contributed by atoms with Gasteiger partial charge < -0.3 is 4.90 Å². The molecule has 1 N–H and O–H groups in total. The van der Waals surface area contributed by atoms with E-state index in [1.807, 2.05) is 0 Å². The van der Waals surface area contributed by atoms with E-state index in [1.54, 1.807) is 0 Å². The number of allylic oxidation sites excluding steroid dienone is 2. The number of nitrogens with zero attached hydrogens (tertiary/aromatic N) is 2. The van der Waals surface area contributed by atoms with Crippen LogP contribution in [0.3, 0.4) is 0 Å². The third kappa shape index (κ3) is 2.62. The Hall–Kier alpha value is -0.800. The number of nitrogens with one attached hydrogen (secondary N) is 1. The molecule has 0 aromatic heterocycles. The Bertz CT molecular complexity index is 280. The van der Waals surface area contributed by atoms with Crippen molar-refractivity contribution in [2.45, 2.75) is 50.9 Å². The lowest BCUT2D eigenvalue weighted by Crippen LogP contribution is -2.56. The Balaban J connectivity index is 1.69. The summed E-state index contributed by atoms with van der Waals surface area (Å²) >= 11 is 0. The summed E-state index contributed by atoms with van der Waals surface area (Å²) in [6, 6.07) is 0. The van der Waals surface area contributed by atoms with Crippen LogP contribution in [0.15, 0.2) is 24.4 Å². The molecule has 0 bridgehead atoms. The third-order valence-electron chi connectivity index (χ3n) is 4.37. The molecule has 0 amide bonds. The van der Waals surface area contributed by atoms with Gasteiger partial charge in [-0.15, -0.1) is 0 Å². The van der Waals surface area contributed by atoms with E-state index >= 15 is 0 Å². The average molecular weight is 247 g/mol. The maximum Gasteiger partial charge on any atom is 0.102 e. The minimum Gasteiger partial charge on any atom is -0.343 e. The molecular formula is C15H25N3. The highest BCUT2D eigenvalue weighted by Gasteiger charge is 2.29. The van der Waals surface area contributed by atoms with Crippen LogP contribution in [-0.4, -0.2) is 41.8 Å². The topological polar surface area (TPSA) is 18.5 Å². The van der Waals surface area contributed by atoms with Crippen molar-refractivity contribution in [1.29, 1.82) is 0 Å². The highest BCUT2D eigenvalue weighted by atomic mass is 15.4. The molecule has 0 saturated carbocycles. The Morgan fingerprint density at radius 1 is 0.944 bits per heavy atom. The van der Waals surface area contributed by atoms with E-state index in [2.05, 4.69) is 39.5 Å². The average Bonchev–Trinajstić information content (AvgIpc) is 2.49. The van der Waals surface area contributed by atoms with Gasteiger partial charge in [0.1, 0.15) is 6.17 Å². The third-order valence-corrected chi connectivity index (χ3v) is 4.37. The van der Waals surface area contributed by atoms with Crippen molar-refractivity contribution in [3.05, 3.63) is 24.4 Å². The molecule has 3 heteroatoms. The minimum absolute atomic E-state index is 0.478. The van der Waals surface area contributed by atoms with Crippen LogP contribution in [0, 0.1) is 0 Å². The van der Waals surface area contributed by atoms with Crippen LogP contribution >= 0.6 is 0 Å². The van der Waals surface area contributed by atoms with Gasteiger partial charge in [-0.2, -0.15) is 0 Å². The second-order valence-electron chi connectivity index (χ2n) is 5.65. The fourth-order valence-corrected chi connectivity index (χ4v) is 3.37. The second kappa shape index (κ2) is 5.89. The Morgan fingerprint density at radius 3 is 2.61 bits per heavy atom. The Labute approximate surface area is 111 Å². The van der Waals surface area contributed by atoms with Crippen LogP contribution in [0.1, 0.15) is 38.5 Å². The van der Waals surface area contributed by atoms with Gasteiger partial charge in [0.25, 0.3) is 0 Å². The van der Waals surface area contributed by atoms with Crippen LogP contribution in [0.25, 0.3) is 0 Å². The first-order chi connectivity index (χ1) is 8.95. The molecular weight excluding hydrogens is 222 g/mol. The lowest BCUT2D eigenvalue weighted by molar-refractivity contribution is 0.0442. The molecule has 0 radical (unpaired) electrons. The largest absolute Gasteiger partial charge is 0.343 e. The molecule has 2 saturated heterocycles. The lowest BCUT2D eigenvalue weighted by Gasteiger charge is -2.45. The summed E-state index contributed by atoms with van der Waals surface area (Å²) in [5.41, 5.74) is 0. The predicted octanol–water partition coefficient (Wildman–Crippen LogP) is 2.28. The molecule has 100 valence electrons. The maximum absolute atomic E-state index is 3.67. The van der Waals surface area contributed by atoms with Crippen LogP contribution < -0.4 is 5.32 Å². The normalized spacial score (nSPS) is 33.9. The van der Waals surface area contributed by atoms with Crippen LogP contribution in [0.4, 0.5) is 0 Å². The van der Waals surface area contributed by atoms with Crippen LogP contribution in [-0.2, 0) is 0 Å². The number of likely N-dealkylation sites (tertiary alicyclic amines) is 1. The number of hydrogen-bond acceptors (Lipinski definition) is 3. The maximum atomic E-state index is 3.67. The molecule has 2 fully saturated rings. The SMILES string of the molecule is C1=CC(N2CCCCC2)N(C2CCCCN2)C=C1. The molecule has 3 heterocycles. The van der Waals surface area contributed by atoms with Crippen LogP contribution in [0.2, 0.25) is 0 Å². The molecule has 3 rings (SSSR count). The zero-order valence-corrected chi connectivity index (χ0v) is 11.2. The van der Waals surface area contributed by atoms with Gasteiger partial charge in [0.2, 0.25) is 0 Å². The molecule has 0 aromatic carbocycles. The standard InChI is InChI=1S/C15H25N3/c1-5-11-17(12-6-1)15-9-3-7-13-18(15)14-8-2-4-10-16-14/h3,7,9,13-16H,1-2,4-6,8,10-12H2. The molecule has 0 aromatic rings. The van der Waals surface area contributed by atoms with Crippen molar-refractivity contribution >= 4 is 0 Å². The zero-order valence-electron chi connectivity index (χ0n) is 11.2. The van der Waals surface area contributed by atoms with Crippen LogP contribution in [0.5, 0.6) is 0 Å². The molecule has 2 unspecified atom stereocenters. The smallest absolute Gasteiger partial charge is 0.102 e.